The molecule has 2 nitrogen and oxygen atoms in total. The smallest absolute Gasteiger partial charge is 0.133 e. The Bertz CT molecular complexity index is 426. The summed E-state index contributed by atoms with van der Waals surface area (Å²) in [5.74, 6) is 1.02. The van der Waals surface area contributed by atoms with Crippen molar-refractivity contribution in [3.8, 4) is 0 Å². The van der Waals surface area contributed by atoms with Crippen LogP contribution in [0.1, 0.15) is 50.7 Å². The van der Waals surface area contributed by atoms with Gasteiger partial charge in [-0.3, -0.25) is 0 Å². The zero-order valence-electron chi connectivity index (χ0n) is 9.68. The van der Waals surface area contributed by atoms with E-state index >= 15 is 0 Å². The van der Waals surface area contributed by atoms with Crippen LogP contribution in [0, 0.1) is 4.64 Å². The molecular weight excluding hydrogens is 204 g/mol. The van der Waals surface area contributed by atoms with Gasteiger partial charge in [0.1, 0.15) is 10.5 Å². The van der Waals surface area contributed by atoms with Crippen LogP contribution in [0.5, 0.6) is 0 Å². The van der Waals surface area contributed by atoms with Crippen molar-refractivity contribution in [1.29, 1.82) is 0 Å². The highest BCUT2D eigenvalue weighted by atomic mass is 32.1. The summed E-state index contributed by atoms with van der Waals surface area (Å²) in [7, 11) is 0. The molecule has 1 heterocycles. The van der Waals surface area contributed by atoms with Gasteiger partial charge in [0.05, 0.1) is 0 Å². The zero-order chi connectivity index (χ0) is 11.1. The Morgan fingerprint density at radius 1 is 1.20 bits per heavy atom. The predicted molar refractivity (Wildman–Crippen MR) is 64.8 cm³/mol. The molecule has 0 aromatic carbocycles. The van der Waals surface area contributed by atoms with Crippen LogP contribution in [0.4, 0.5) is 0 Å². The van der Waals surface area contributed by atoms with Gasteiger partial charge in [-0.2, -0.15) is 0 Å². The van der Waals surface area contributed by atoms with Crippen LogP contribution < -0.4 is 0 Å². The molecule has 1 aromatic heterocycles. The summed E-state index contributed by atoms with van der Waals surface area (Å²) < 4.78 is 0.813. The van der Waals surface area contributed by atoms with E-state index < -0.39 is 0 Å². The van der Waals surface area contributed by atoms with Crippen molar-refractivity contribution in [1.82, 2.24) is 9.97 Å². The van der Waals surface area contributed by atoms with Crippen LogP contribution in [0.3, 0.4) is 0 Å². The van der Waals surface area contributed by atoms with Gasteiger partial charge in [-0.25, -0.2) is 4.98 Å². The highest BCUT2D eigenvalue weighted by Crippen LogP contribution is 2.24. The lowest BCUT2D eigenvalue weighted by Gasteiger charge is -2.22. The summed E-state index contributed by atoms with van der Waals surface area (Å²) in [6, 6.07) is 0. The topological polar surface area (TPSA) is 28.7 Å². The van der Waals surface area contributed by atoms with Gasteiger partial charge in [0.2, 0.25) is 0 Å². The minimum Gasteiger partial charge on any atom is -0.346 e. The lowest BCUT2D eigenvalue weighted by atomic mass is 9.93. The third-order valence-electron chi connectivity index (χ3n) is 2.92. The van der Waals surface area contributed by atoms with E-state index in [0.717, 1.165) is 23.3 Å². The maximum Gasteiger partial charge on any atom is 0.133 e. The molecule has 0 atom stereocenters. The fraction of sp³-hybridized carbons (Fsp3) is 0.667. The van der Waals surface area contributed by atoms with Crippen LogP contribution in [-0.2, 0) is 18.3 Å². The molecule has 0 spiro atoms. The van der Waals surface area contributed by atoms with Gasteiger partial charge in [-0.05, 0) is 25.7 Å². The normalized spacial score (nSPS) is 16.2. The van der Waals surface area contributed by atoms with E-state index in [9.17, 15) is 0 Å². The summed E-state index contributed by atoms with van der Waals surface area (Å²) in [5, 5.41) is 0. The molecule has 1 aliphatic carbocycles. The highest BCUT2D eigenvalue weighted by molar-refractivity contribution is 7.71. The summed E-state index contributed by atoms with van der Waals surface area (Å²) >= 11 is 5.36. The first-order valence-corrected chi connectivity index (χ1v) is 6.02. The average Bonchev–Trinajstić information content (AvgIpc) is 2.16. The Hall–Kier alpha value is -0.700. The SMILES string of the molecule is CC(C)(C)c1nc(=S)c2c([nH]1)CCCC2. The van der Waals surface area contributed by atoms with Crippen molar-refractivity contribution in [2.75, 3.05) is 0 Å². The Labute approximate surface area is 96.1 Å². The third kappa shape index (κ3) is 2.12. The van der Waals surface area contributed by atoms with Gasteiger partial charge in [0, 0.05) is 16.7 Å². The number of aromatic amines is 1. The Kier molecular flexibility index (Phi) is 2.67. The first-order chi connectivity index (χ1) is 6.98. The van der Waals surface area contributed by atoms with Crippen LogP contribution in [-0.4, -0.2) is 9.97 Å². The summed E-state index contributed by atoms with van der Waals surface area (Å²) in [6.45, 7) is 6.49. The third-order valence-corrected chi connectivity index (χ3v) is 3.26. The van der Waals surface area contributed by atoms with E-state index in [1.165, 1.54) is 24.1 Å². The molecule has 1 N–H and O–H groups in total. The minimum absolute atomic E-state index is 0.0556. The second-order valence-electron chi connectivity index (χ2n) is 5.30. The number of hydrogen-bond acceptors (Lipinski definition) is 2. The molecule has 0 fully saturated rings. The molecule has 2 rings (SSSR count). The lowest BCUT2D eigenvalue weighted by Crippen LogP contribution is -2.19. The first-order valence-electron chi connectivity index (χ1n) is 5.61. The van der Waals surface area contributed by atoms with Crippen LogP contribution >= 0.6 is 12.2 Å². The van der Waals surface area contributed by atoms with Crippen molar-refractivity contribution < 1.29 is 0 Å². The first kappa shape index (κ1) is 10.8. The molecule has 82 valence electrons. The van der Waals surface area contributed by atoms with E-state index in [1.807, 2.05) is 0 Å². The van der Waals surface area contributed by atoms with E-state index in [1.54, 1.807) is 0 Å². The number of nitrogens with one attached hydrogen (secondary N) is 1. The van der Waals surface area contributed by atoms with Gasteiger partial charge in [-0.15, -0.1) is 0 Å². The molecule has 0 saturated heterocycles. The quantitative estimate of drug-likeness (QED) is 0.682. The Morgan fingerprint density at radius 2 is 1.87 bits per heavy atom. The van der Waals surface area contributed by atoms with Crippen molar-refractivity contribution in [3.05, 3.63) is 21.7 Å². The summed E-state index contributed by atoms with van der Waals surface area (Å²) in [6.07, 6.45) is 4.75. The monoisotopic (exact) mass is 222 g/mol. The number of fused-ring (bicyclic) bond motifs is 1. The molecule has 3 heteroatoms. The van der Waals surface area contributed by atoms with Gasteiger partial charge in [0.15, 0.2) is 0 Å². The fourth-order valence-corrected chi connectivity index (χ4v) is 2.29. The predicted octanol–water partition coefficient (Wildman–Crippen LogP) is 3.32. The Balaban J connectivity index is 2.55. The molecule has 0 unspecified atom stereocenters. The summed E-state index contributed by atoms with van der Waals surface area (Å²) in [4.78, 5) is 7.98. The second-order valence-corrected chi connectivity index (χ2v) is 5.69. The number of hydrogen-bond donors (Lipinski definition) is 1. The van der Waals surface area contributed by atoms with Gasteiger partial charge < -0.3 is 4.98 Å². The van der Waals surface area contributed by atoms with E-state index in [0.29, 0.717) is 0 Å². The van der Waals surface area contributed by atoms with Gasteiger partial charge >= 0.3 is 0 Å². The lowest BCUT2D eigenvalue weighted by molar-refractivity contribution is 0.531. The molecule has 0 bridgehead atoms. The molecule has 1 aliphatic rings. The standard InChI is InChI=1S/C12H18N2S/c1-12(2,3)11-13-9-7-5-4-6-8(9)10(15)14-11/h4-7H2,1-3H3,(H,13,14,15). The van der Waals surface area contributed by atoms with Gasteiger partial charge in [0.25, 0.3) is 0 Å². The van der Waals surface area contributed by atoms with Crippen molar-refractivity contribution in [3.63, 3.8) is 0 Å². The van der Waals surface area contributed by atoms with E-state index in [-0.39, 0.29) is 5.41 Å². The molecule has 0 aliphatic heterocycles. The maximum absolute atomic E-state index is 5.36. The number of aryl methyl sites for hydroxylation is 1. The van der Waals surface area contributed by atoms with Crippen LogP contribution in [0.15, 0.2) is 0 Å². The molecule has 0 radical (unpaired) electrons. The second kappa shape index (κ2) is 3.71. The van der Waals surface area contributed by atoms with Crippen molar-refractivity contribution in [2.45, 2.75) is 51.9 Å². The van der Waals surface area contributed by atoms with E-state index in [4.69, 9.17) is 12.2 Å². The molecule has 1 aromatic rings. The van der Waals surface area contributed by atoms with Gasteiger partial charge in [-0.1, -0.05) is 33.0 Å². The fourth-order valence-electron chi connectivity index (χ4n) is 1.97. The highest BCUT2D eigenvalue weighted by Gasteiger charge is 2.20. The van der Waals surface area contributed by atoms with Crippen LogP contribution in [0.25, 0.3) is 0 Å². The molecule has 0 amide bonds. The zero-order valence-corrected chi connectivity index (χ0v) is 10.5. The summed E-state index contributed by atoms with van der Waals surface area (Å²) in [5.41, 5.74) is 2.66. The molecule has 0 saturated carbocycles. The van der Waals surface area contributed by atoms with Crippen LogP contribution in [0.2, 0.25) is 0 Å². The Morgan fingerprint density at radius 3 is 2.53 bits per heavy atom. The minimum atomic E-state index is 0.0556. The molecule has 15 heavy (non-hydrogen) atoms. The number of H-pyrrole nitrogens is 1. The van der Waals surface area contributed by atoms with Crippen molar-refractivity contribution >= 4 is 12.2 Å². The van der Waals surface area contributed by atoms with Crippen molar-refractivity contribution in [2.24, 2.45) is 0 Å². The number of aromatic nitrogens is 2. The number of rotatable bonds is 0. The largest absolute Gasteiger partial charge is 0.346 e. The average molecular weight is 222 g/mol. The maximum atomic E-state index is 5.36. The number of nitrogens with zero attached hydrogens (tertiary/aromatic N) is 1. The molecular formula is C12H18N2S. The van der Waals surface area contributed by atoms with E-state index in [2.05, 4.69) is 30.7 Å².